The van der Waals surface area contributed by atoms with Crippen molar-refractivity contribution in [1.29, 1.82) is 0 Å². The predicted molar refractivity (Wildman–Crippen MR) is 66.4 cm³/mol. The molecule has 0 aromatic heterocycles. The fourth-order valence-corrected chi connectivity index (χ4v) is 1.39. The normalized spacial score (nSPS) is 11.9. The monoisotopic (exact) mass is 218 g/mol. The van der Waals surface area contributed by atoms with E-state index < -0.39 is 5.97 Å². The zero-order valence-electron chi connectivity index (χ0n) is 10.0. The van der Waals surface area contributed by atoms with Crippen LogP contribution >= 0.6 is 0 Å². The number of carboxylic acid groups (broad SMARTS) is 1. The van der Waals surface area contributed by atoms with Gasteiger partial charge in [-0.15, -0.1) is 0 Å². The molecule has 2 heteroatoms. The van der Waals surface area contributed by atoms with Crippen molar-refractivity contribution in [2.24, 2.45) is 0 Å². The highest BCUT2D eigenvalue weighted by Crippen LogP contribution is 2.22. The van der Waals surface area contributed by atoms with E-state index in [9.17, 15) is 4.79 Å². The van der Waals surface area contributed by atoms with Crippen molar-refractivity contribution < 1.29 is 9.90 Å². The second-order valence-electron chi connectivity index (χ2n) is 4.87. The Kier molecular flexibility index (Phi) is 3.88. The third kappa shape index (κ3) is 3.89. The van der Waals surface area contributed by atoms with E-state index in [2.05, 4.69) is 32.9 Å². The van der Waals surface area contributed by atoms with Gasteiger partial charge in [-0.05, 0) is 16.5 Å². The number of hydrogen-bond donors (Lipinski definition) is 1. The summed E-state index contributed by atoms with van der Waals surface area (Å²) in [6, 6.07) is 8.19. The second-order valence-corrected chi connectivity index (χ2v) is 4.87. The Labute approximate surface area is 96.6 Å². The van der Waals surface area contributed by atoms with Crippen LogP contribution in [0.5, 0.6) is 0 Å². The molecule has 0 aliphatic rings. The van der Waals surface area contributed by atoms with Gasteiger partial charge in [-0.25, -0.2) is 0 Å². The van der Waals surface area contributed by atoms with E-state index in [1.807, 2.05) is 18.2 Å². The number of carbonyl (C=O) groups is 1. The van der Waals surface area contributed by atoms with Crippen LogP contribution in [0.4, 0.5) is 0 Å². The van der Waals surface area contributed by atoms with Gasteiger partial charge >= 0.3 is 5.97 Å². The van der Waals surface area contributed by atoms with Crippen LogP contribution in [0.2, 0.25) is 0 Å². The average Bonchev–Trinajstić information content (AvgIpc) is 2.16. The molecule has 1 aromatic rings. The minimum absolute atomic E-state index is 0.0705. The van der Waals surface area contributed by atoms with Gasteiger partial charge in [0.25, 0.3) is 0 Å². The highest BCUT2D eigenvalue weighted by Gasteiger charge is 2.12. The molecule has 0 aliphatic heterocycles. The Hall–Kier alpha value is -1.57. The van der Waals surface area contributed by atoms with Gasteiger partial charge in [0, 0.05) is 0 Å². The summed E-state index contributed by atoms with van der Waals surface area (Å²) in [5, 5.41) is 8.49. The van der Waals surface area contributed by atoms with E-state index in [0.29, 0.717) is 0 Å². The number of hydrogen-bond acceptors (Lipinski definition) is 1. The molecule has 0 fully saturated rings. The van der Waals surface area contributed by atoms with Crippen LogP contribution in [0, 0.1) is 0 Å². The van der Waals surface area contributed by atoms with Crippen LogP contribution in [0.25, 0.3) is 6.08 Å². The van der Waals surface area contributed by atoms with E-state index in [-0.39, 0.29) is 11.8 Å². The summed E-state index contributed by atoms with van der Waals surface area (Å²) in [6.07, 6.45) is 3.57. The largest absolute Gasteiger partial charge is 0.481 e. The quantitative estimate of drug-likeness (QED) is 0.843. The topological polar surface area (TPSA) is 37.3 Å². The van der Waals surface area contributed by atoms with Gasteiger partial charge in [0.1, 0.15) is 0 Å². The third-order valence-electron chi connectivity index (χ3n) is 2.38. The Morgan fingerprint density at radius 2 is 1.81 bits per heavy atom. The molecule has 2 nitrogen and oxygen atoms in total. The first-order chi connectivity index (χ1) is 7.39. The number of benzene rings is 1. The SMILES string of the molecule is CC(C)(C)c1ccc(/C=C/CC(=O)O)cc1. The first kappa shape index (κ1) is 12.5. The first-order valence-electron chi connectivity index (χ1n) is 5.38. The molecule has 1 aromatic carbocycles. The zero-order chi connectivity index (χ0) is 12.2. The van der Waals surface area contributed by atoms with E-state index >= 15 is 0 Å². The fraction of sp³-hybridized carbons (Fsp3) is 0.357. The van der Waals surface area contributed by atoms with Gasteiger partial charge in [-0.3, -0.25) is 4.79 Å². The maximum absolute atomic E-state index is 10.3. The van der Waals surface area contributed by atoms with Crippen LogP contribution in [-0.4, -0.2) is 11.1 Å². The van der Waals surface area contributed by atoms with E-state index in [1.165, 1.54) is 5.56 Å². The molecule has 0 heterocycles. The van der Waals surface area contributed by atoms with Crippen LogP contribution in [0.15, 0.2) is 30.3 Å². The number of rotatable bonds is 3. The molecular weight excluding hydrogens is 200 g/mol. The molecule has 0 saturated carbocycles. The first-order valence-corrected chi connectivity index (χ1v) is 5.38. The molecule has 0 spiro atoms. The minimum atomic E-state index is -0.803. The van der Waals surface area contributed by atoms with E-state index in [1.54, 1.807) is 6.08 Å². The lowest BCUT2D eigenvalue weighted by Crippen LogP contribution is -2.10. The smallest absolute Gasteiger partial charge is 0.307 e. The minimum Gasteiger partial charge on any atom is -0.481 e. The van der Waals surface area contributed by atoms with E-state index in [4.69, 9.17) is 5.11 Å². The van der Waals surface area contributed by atoms with Crippen molar-refractivity contribution in [3.63, 3.8) is 0 Å². The van der Waals surface area contributed by atoms with Crippen molar-refractivity contribution >= 4 is 12.0 Å². The highest BCUT2D eigenvalue weighted by atomic mass is 16.4. The van der Waals surface area contributed by atoms with Gasteiger partial charge in [-0.1, -0.05) is 57.2 Å². The third-order valence-corrected chi connectivity index (χ3v) is 2.38. The molecule has 0 saturated heterocycles. The summed E-state index contributed by atoms with van der Waals surface area (Å²) in [5.41, 5.74) is 2.47. The van der Waals surface area contributed by atoms with Crippen molar-refractivity contribution in [1.82, 2.24) is 0 Å². The van der Waals surface area contributed by atoms with Gasteiger partial charge in [-0.2, -0.15) is 0 Å². The van der Waals surface area contributed by atoms with Crippen LogP contribution < -0.4 is 0 Å². The van der Waals surface area contributed by atoms with Crippen molar-refractivity contribution in [3.05, 3.63) is 41.5 Å². The van der Waals surface area contributed by atoms with Gasteiger partial charge in [0.15, 0.2) is 0 Å². The molecule has 1 N–H and O–H groups in total. The molecule has 0 atom stereocenters. The molecule has 0 amide bonds. The summed E-state index contributed by atoms with van der Waals surface area (Å²) in [6.45, 7) is 6.51. The summed E-state index contributed by atoms with van der Waals surface area (Å²) in [7, 11) is 0. The summed E-state index contributed by atoms with van der Waals surface area (Å²) in [4.78, 5) is 10.3. The summed E-state index contributed by atoms with van der Waals surface area (Å²) in [5.74, 6) is -0.803. The number of carboxylic acids is 1. The summed E-state index contributed by atoms with van der Waals surface area (Å²) < 4.78 is 0. The lowest BCUT2D eigenvalue weighted by Gasteiger charge is -2.18. The van der Waals surface area contributed by atoms with Crippen LogP contribution in [0.3, 0.4) is 0 Å². The molecule has 0 radical (unpaired) electrons. The maximum atomic E-state index is 10.3. The van der Waals surface area contributed by atoms with Crippen LogP contribution in [0.1, 0.15) is 38.3 Å². The maximum Gasteiger partial charge on any atom is 0.307 e. The Morgan fingerprint density at radius 3 is 2.25 bits per heavy atom. The van der Waals surface area contributed by atoms with E-state index in [0.717, 1.165) is 5.56 Å². The summed E-state index contributed by atoms with van der Waals surface area (Å²) >= 11 is 0. The second kappa shape index (κ2) is 4.97. The zero-order valence-corrected chi connectivity index (χ0v) is 10.0. The van der Waals surface area contributed by atoms with Gasteiger partial charge in [0.2, 0.25) is 0 Å². The Bertz CT molecular complexity index is 380. The Balaban J connectivity index is 2.72. The standard InChI is InChI=1S/C14H18O2/c1-14(2,3)12-9-7-11(8-10-12)5-4-6-13(15)16/h4-5,7-10H,6H2,1-3H3,(H,15,16)/b5-4+. The van der Waals surface area contributed by atoms with Crippen LogP contribution in [-0.2, 0) is 10.2 Å². The average molecular weight is 218 g/mol. The molecule has 86 valence electrons. The molecule has 1 rings (SSSR count). The molecule has 0 aliphatic carbocycles. The lowest BCUT2D eigenvalue weighted by atomic mass is 9.87. The number of aliphatic carboxylic acids is 1. The molecular formula is C14H18O2. The van der Waals surface area contributed by atoms with Crippen molar-refractivity contribution in [2.75, 3.05) is 0 Å². The lowest BCUT2D eigenvalue weighted by molar-refractivity contribution is -0.135. The predicted octanol–water partition coefficient (Wildman–Crippen LogP) is 3.47. The molecule has 0 unspecified atom stereocenters. The van der Waals surface area contributed by atoms with Crippen molar-refractivity contribution in [2.45, 2.75) is 32.6 Å². The molecule has 0 bridgehead atoms. The van der Waals surface area contributed by atoms with Crippen molar-refractivity contribution in [3.8, 4) is 0 Å². The van der Waals surface area contributed by atoms with Gasteiger partial charge < -0.3 is 5.11 Å². The Morgan fingerprint density at radius 1 is 1.25 bits per heavy atom. The highest BCUT2D eigenvalue weighted by molar-refractivity contribution is 5.70. The molecule has 16 heavy (non-hydrogen) atoms. The fourth-order valence-electron chi connectivity index (χ4n) is 1.39. The van der Waals surface area contributed by atoms with Gasteiger partial charge in [0.05, 0.1) is 6.42 Å².